The molecule has 7 amide bonds. The summed E-state index contributed by atoms with van der Waals surface area (Å²) < 4.78 is 14.3. The van der Waals surface area contributed by atoms with E-state index in [1.54, 1.807) is 25.0 Å². The molecule has 0 spiro atoms. The molecule has 0 aromatic rings. The average molecular weight is 1180 g/mol. The van der Waals surface area contributed by atoms with Gasteiger partial charge in [-0.1, -0.05) is 98.9 Å². The number of nitrogens with one attached hydrogen (secondary N) is 5. The second kappa shape index (κ2) is 47.8. The number of rotatable bonds is 30. The van der Waals surface area contributed by atoms with Crippen molar-refractivity contribution in [2.45, 2.75) is 155 Å². The van der Waals surface area contributed by atoms with E-state index in [0.29, 0.717) is 62.7 Å². The van der Waals surface area contributed by atoms with Crippen LogP contribution in [0, 0.1) is 11.8 Å². The van der Waals surface area contributed by atoms with E-state index in [1.165, 1.54) is 7.11 Å². The van der Waals surface area contributed by atoms with Crippen LogP contribution in [-0.2, 0) is 57.4 Å². The first kappa shape index (κ1) is 72.9. The van der Waals surface area contributed by atoms with Crippen molar-refractivity contribution in [3.8, 4) is 0 Å². The van der Waals surface area contributed by atoms with Gasteiger partial charge in [-0.15, -0.1) is 5.06 Å². The topological polar surface area (TPSA) is 289 Å². The van der Waals surface area contributed by atoms with Crippen molar-refractivity contribution in [3.63, 3.8) is 0 Å². The summed E-state index contributed by atoms with van der Waals surface area (Å²) in [7, 11) is 15.8. The fraction of sp³-hybridized carbons (Fsp3) is 0.837. The SMILES string of the molecule is C.COCCC(=O)NCCCC[C@H](C)C(=O)NC1CCSSC1.COCCC(=O)NCCCC[C@H](N)C(=O)NC1CCSSC1.COCCC(=O)ON1C(=O)CCC1=O.C[C@@H](CCCCN)C(=O)NC1CCSSC1. The lowest BCUT2D eigenvalue weighted by Gasteiger charge is -2.23. The predicted molar refractivity (Wildman–Crippen MR) is 311 cm³/mol. The van der Waals surface area contributed by atoms with E-state index in [9.17, 15) is 38.4 Å². The molecule has 436 valence electrons. The quantitative estimate of drug-likeness (QED) is 0.0269. The fourth-order valence-electron chi connectivity index (χ4n) is 6.79. The minimum Gasteiger partial charge on any atom is -0.384 e. The molecule has 4 heterocycles. The van der Waals surface area contributed by atoms with Crippen molar-refractivity contribution < 1.29 is 57.4 Å². The largest absolute Gasteiger partial charge is 0.384 e. The molecule has 26 heteroatoms. The maximum atomic E-state index is 12.1. The first-order valence-corrected chi connectivity index (χ1v) is 33.3. The molecule has 3 unspecified atom stereocenters. The number of unbranched alkanes of at least 4 members (excludes halogenated alkanes) is 3. The van der Waals surface area contributed by atoms with Crippen LogP contribution in [0.3, 0.4) is 0 Å². The number of amides is 7. The summed E-state index contributed by atoms with van der Waals surface area (Å²) in [5, 5.41) is 15.5. The van der Waals surface area contributed by atoms with E-state index in [-0.39, 0.29) is 80.7 Å². The Morgan fingerprint density at radius 3 is 1.35 bits per heavy atom. The van der Waals surface area contributed by atoms with E-state index in [4.69, 9.17) is 20.9 Å². The van der Waals surface area contributed by atoms with Crippen LogP contribution in [0.25, 0.3) is 0 Å². The molecule has 4 aliphatic heterocycles. The van der Waals surface area contributed by atoms with Crippen molar-refractivity contribution in [3.05, 3.63) is 0 Å². The van der Waals surface area contributed by atoms with Crippen LogP contribution >= 0.6 is 64.8 Å². The zero-order chi connectivity index (χ0) is 54.8. The highest BCUT2D eigenvalue weighted by Gasteiger charge is 2.32. The molecule has 4 fully saturated rings. The Morgan fingerprint density at radius 2 is 0.960 bits per heavy atom. The lowest BCUT2D eigenvalue weighted by atomic mass is 10.0. The van der Waals surface area contributed by atoms with Crippen LogP contribution in [-0.4, -0.2) is 172 Å². The summed E-state index contributed by atoms with van der Waals surface area (Å²) in [5.74, 6) is 5.30. The van der Waals surface area contributed by atoms with Gasteiger partial charge in [0.2, 0.25) is 29.5 Å². The van der Waals surface area contributed by atoms with Gasteiger partial charge in [0.25, 0.3) is 11.8 Å². The molecule has 0 aliphatic carbocycles. The number of hydrogen-bond donors (Lipinski definition) is 7. The molecule has 9 N–H and O–H groups in total. The number of methoxy groups -OCH3 is 3. The van der Waals surface area contributed by atoms with Gasteiger partial charge in [0.05, 0.1) is 32.3 Å². The number of imide groups is 1. The van der Waals surface area contributed by atoms with Gasteiger partial charge in [-0.25, -0.2) is 4.79 Å². The molecule has 4 aliphatic rings. The number of hydroxylamine groups is 2. The van der Waals surface area contributed by atoms with Gasteiger partial charge < -0.3 is 57.1 Å². The maximum absolute atomic E-state index is 12.1. The van der Waals surface area contributed by atoms with Crippen molar-refractivity contribution in [1.82, 2.24) is 31.6 Å². The Labute approximate surface area is 471 Å². The Morgan fingerprint density at radius 1 is 0.573 bits per heavy atom. The molecular weight excluding hydrogens is 1080 g/mol. The van der Waals surface area contributed by atoms with Crippen molar-refractivity contribution in [2.24, 2.45) is 23.3 Å². The summed E-state index contributed by atoms with van der Waals surface area (Å²) in [6, 6.07) is 0.519. The summed E-state index contributed by atoms with van der Waals surface area (Å²) in [4.78, 5) is 96.2. The fourth-order valence-corrected chi connectivity index (χ4v) is 14.1. The van der Waals surface area contributed by atoms with E-state index in [0.717, 1.165) is 112 Å². The van der Waals surface area contributed by atoms with Gasteiger partial charge in [0.15, 0.2) is 0 Å². The van der Waals surface area contributed by atoms with Gasteiger partial charge in [-0.05, 0) is 70.8 Å². The second-order valence-electron chi connectivity index (χ2n) is 18.0. The van der Waals surface area contributed by atoms with Crippen LogP contribution < -0.4 is 38.1 Å². The Hall–Kier alpha value is -2.14. The number of nitrogens with zero attached hydrogens (tertiary/aromatic N) is 1. The lowest BCUT2D eigenvalue weighted by Crippen LogP contribution is -2.47. The van der Waals surface area contributed by atoms with Crippen LogP contribution in [0.2, 0.25) is 0 Å². The third kappa shape index (κ3) is 38.2. The van der Waals surface area contributed by atoms with E-state index >= 15 is 0 Å². The van der Waals surface area contributed by atoms with Crippen molar-refractivity contribution in [2.75, 3.05) is 95.3 Å². The summed E-state index contributed by atoms with van der Waals surface area (Å²) >= 11 is 0. The highest BCUT2D eigenvalue weighted by atomic mass is 33.1. The maximum Gasteiger partial charge on any atom is 0.335 e. The first-order valence-electron chi connectivity index (χ1n) is 25.8. The monoisotopic (exact) mass is 1180 g/mol. The van der Waals surface area contributed by atoms with Crippen LogP contribution in [0.1, 0.15) is 130 Å². The summed E-state index contributed by atoms with van der Waals surface area (Å²) in [5.41, 5.74) is 11.3. The van der Waals surface area contributed by atoms with Crippen molar-refractivity contribution >= 4 is 112 Å². The third-order valence-corrected chi connectivity index (χ3v) is 19.0. The molecule has 0 radical (unpaired) electrons. The smallest absolute Gasteiger partial charge is 0.335 e. The number of carbonyl (C=O) groups is 8. The molecule has 0 aromatic heterocycles. The van der Waals surface area contributed by atoms with Crippen LogP contribution in [0.5, 0.6) is 0 Å². The Kier molecular flexibility index (Phi) is 46.5. The number of hydrogen-bond acceptors (Lipinski definition) is 20. The van der Waals surface area contributed by atoms with Gasteiger partial charge in [0.1, 0.15) is 0 Å². The average Bonchev–Trinajstić information content (AvgIpc) is 3.72. The molecular formula is C49H92N8O12S6. The normalized spacial score (nSPS) is 19.3. The molecule has 0 saturated carbocycles. The van der Waals surface area contributed by atoms with E-state index in [1.807, 2.05) is 67.8 Å². The van der Waals surface area contributed by atoms with Crippen LogP contribution in [0.15, 0.2) is 0 Å². The van der Waals surface area contributed by atoms with Gasteiger partial charge >= 0.3 is 5.97 Å². The Balaban J connectivity index is 0.000000985. The van der Waals surface area contributed by atoms with E-state index < -0.39 is 23.8 Å². The lowest BCUT2D eigenvalue weighted by molar-refractivity contribution is -0.198. The zero-order valence-corrected chi connectivity index (χ0v) is 49.3. The Bertz CT molecular complexity index is 1520. The second-order valence-corrected chi connectivity index (χ2v) is 25.8. The highest BCUT2D eigenvalue weighted by molar-refractivity contribution is 8.77. The minimum absolute atomic E-state index is 0. The molecule has 6 atom stereocenters. The molecule has 0 bridgehead atoms. The van der Waals surface area contributed by atoms with Gasteiger partial charge in [-0.2, -0.15) is 0 Å². The van der Waals surface area contributed by atoms with Crippen molar-refractivity contribution in [1.29, 1.82) is 0 Å². The number of carbonyl (C=O) groups excluding carboxylic acids is 8. The van der Waals surface area contributed by atoms with Gasteiger partial charge in [0, 0.05) is 125 Å². The molecule has 0 aromatic carbocycles. The van der Waals surface area contributed by atoms with E-state index in [2.05, 4.69) is 36.2 Å². The number of nitrogens with two attached hydrogens (primary N) is 2. The highest BCUT2D eigenvalue weighted by Crippen LogP contribution is 2.31. The molecule has 75 heavy (non-hydrogen) atoms. The molecule has 4 saturated heterocycles. The summed E-state index contributed by atoms with van der Waals surface area (Å²) in [6.45, 7) is 7.12. The molecule has 20 nitrogen and oxygen atoms in total. The summed E-state index contributed by atoms with van der Waals surface area (Å²) in [6.07, 6.45) is 12.3. The van der Waals surface area contributed by atoms with Crippen LogP contribution in [0.4, 0.5) is 0 Å². The first-order chi connectivity index (χ1) is 35.6. The standard InChI is InChI=1S/C15H28N2O3S2.C14H27N3O3S2.C11H22N2OS2.C8H11NO5.CH4/c1-12(15(19)17-13-7-10-21-22-11-13)5-3-4-8-16-14(18)6-9-20-2;1-20-8-5-13(18)16-7-3-2-4-12(15)14(19)17-11-6-9-21-22-10-11;1-9(4-2-3-6-12)11(14)13-10-5-7-15-16-8-10;1-13-5-4-8(12)14-9-6(10)2-3-7(9)11;/h12-13H,3-11H2,1-2H3,(H,16,18)(H,17,19);11-12H,2-10,15H2,1H3,(H,16,18)(H,17,19);9-10H,2-8,12H2,1H3,(H,13,14);2-5H2,1H3;1H4/t12-,13?;11?,12-;9-,10?;;/m000../s1. The number of ether oxygens (including phenoxy) is 3. The third-order valence-electron chi connectivity index (χ3n) is 11.5. The van der Waals surface area contributed by atoms with Gasteiger partial charge in [-0.3, -0.25) is 33.6 Å². The minimum atomic E-state index is -0.643. The zero-order valence-electron chi connectivity index (χ0n) is 44.4. The predicted octanol–water partition coefficient (Wildman–Crippen LogP) is 5.41. The molecule has 4 rings (SSSR count).